The van der Waals surface area contributed by atoms with Crippen LogP contribution in [-0.4, -0.2) is 0 Å². The van der Waals surface area contributed by atoms with Crippen molar-refractivity contribution in [1.82, 2.24) is 0 Å². The van der Waals surface area contributed by atoms with Crippen molar-refractivity contribution >= 4 is 47.7 Å². The lowest BCUT2D eigenvalue weighted by Crippen LogP contribution is -2.26. The summed E-state index contributed by atoms with van der Waals surface area (Å²) in [5.41, 5.74) is 1.95. The Hall–Kier alpha value is -3.89. The monoisotopic (exact) mass is 554 g/mol. The van der Waals surface area contributed by atoms with Crippen molar-refractivity contribution in [3.8, 4) is 0 Å². The Morgan fingerprint density at radius 2 is 0.750 bits per heavy atom. The van der Waals surface area contributed by atoms with Crippen LogP contribution in [0.25, 0.3) is 0 Å². The number of rotatable bonds is 8. The Kier molecular flexibility index (Phi) is 8.25. The van der Waals surface area contributed by atoms with E-state index in [0.717, 1.165) is 10.9 Å². The largest absolute Gasteiger partial charge is 0.207 e. The molecule has 0 fully saturated rings. The molecule has 40 heavy (non-hydrogen) atoms. The highest BCUT2D eigenvalue weighted by Crippen LogP contribution is 2.37. The molecule has 0 aliphatic carbocycles. The van der Waals surface area contributed by atoms with E-state index in [2.05, 4.69) is 140 Å². The zero-order valence-electron chi connectivity index (χ0n) is 22.1. The van der Waals surface area contributed by atoms with E-state index >= 15 is 4.39 Å². The molecule has 0 atom stereocenters. The molecule has 0 amide bonds. The van der Waals surface area contributed by atoms with Crippen LogP contribution in [0.15, 0.2) is 164 Å². The van der Waals surface area contributed by atoms with Gasteiger partial charge in [0, 0.05) is 12.0 Å². The fourth-order valence-electron chi connectivity index (χ4n) is 5.16. The fourth-order valence-corrected chi connectivity index (χ4v) is 10.1. The van der Waals surface area contributed by atoms with Gasteiger partial charge in [0.15, 0.2) is 0 Å². The molecule has 0 bridgehead atoms. The van der Waals surface area contributed by atoms with Crippen molar-refractivity contribution in [3.63, 3.8) is 0 Å². The Labute approximate surface area is 238 Å². The summed E-state index contributed by atoms with van der Waals surface area (Å²) in [5, 5.41) is 7.37. The molecule has 0 aromatic heterocycles. The third-order valence-corrected chi connectivity index (χ3v) is 12.1. The van der Waals surface area contributed by atoms with Gasteiger partial charge in [-0.25, -0.2) is 4.39 Å². The standard InChI is InChI=1S/C37H29FP2/c38-35-25-15-27-37(40(32-21-9-3-10-22-32)33-23-11-4-12-24-33)34(35)28-29-16-13-14-26-36(29)39(30-17-5-1-6-18-30)31-19-7-2-8-20-31/h1-27H,28H2. The molecular formula is C37H29FP2. The lowest BCUT2D eigenvalue weighted by molar-refractivity contribution is 0.616. The SMILES string of the molecule is Fc1cccc(P(c2ccccc2)c2ccccc2)c1Cc1ccccc1P(c1ccccc1)c1ccccc1. The lowest BCUT2D eigenvalue weighted by Gasteiger charge is -2.25. The maximum atomic E-state index is 15.9. The normalized spacial score (nSPS) is 11.2. The van der Waals surface area contributed by atoms with Gasteiger partial charge in [-0.1, -0.05) is 158 Å². The van der Waals surface area contributed by atoms with Gasteiger partial charge in [-0.15, -0.1) is 0 Å². The summed E-state index contributed by atoms with van der Waals surface area (Å²) in [7, 11) is -1.73. The van der Waals surface area contributed by atoms with Crippen LogP contribution in [0.1, 0.15) is 11.1 Å². The van der Waals surface area contributed by atoms with Crippen molar-refractivity contribution in [1.29, 1.82) is 0 Å². The second-order valence-corrected chi connectivity index (χ2v) is 13.9. The molecular weight excluding hydrogens is 525 g/mol. The lowest BCUT2D eigenvalue weighted by atomic mass is 10.0. The summed E-state index contributed by atoms with van der Waals surface area (Å²) in [6.45, 7) is 0. The van der Waals surface area contributed by atoms with Crippen molar-refractivity contribution in [2.45, 2.75) is 6.42 Å². The van der Waals surface area contributed by atoms with Gasteiger partial charge < -0.3 is 0 Å². The summed E-state index contributed by atoms with van der Waals surface area (Å²) in [6, 6.07) is 56.7. The quantitative estimate of drug-likeness (QED) is 0.179. The molecule has 0 spiro atoms. The van der Waals surface area contributed by atoms with Crippen LogP contribution in [0.3, 0.4) is 0 Å². The first kappa shape index (κ1) is 26.3. The second kappa shape index (κ2) is 12.5. The molecule has 0 heterocycles. The van der Waals surface area contributed by atoms with Crippen LogP contribution in [-0.2, 0) is 6.42 Å². The first-order valence-corrected chi connectivity index (χ1v) is 16.1. The second-order valence-electron chi connectivity index (χ2n) is 9.56. The van der Waals surface area contributed by atoms with Crippen LogP contribution in [0.2, 0.25) is 0 Å². The average Bonchev–Trinajstić information content (AvgIpc) is 3.02. The highest BCUT2D eigenvalue weighted by molar-refractivity contribution is 7.80. The number of hydrogen-bond donors (Lipinski definition) is 0. The maximum absolute atomic E-state index is 15.9. The summed E-state index contributed by atoms with van der Waals surface area (Å²) >= 11 is 0. The number of halogens is 1. The zero-order valence-corrected chi connectivity index (χ0v) is 23.9. The molecule has 3 heteroatoms. The van der Waals surface area contributed by atoms with Gasteiger partial charge in [0.2, 0.25) is 0 Å². The molecule has 0 radical (unpaired) electrons. The van der Waals surface area contributed by atoms with E-state index in [4.69, 9.17) is 0 Å². The van der Waals surface area contributed by atoms with Crippen molar-refractivity contribution in [3.05, 3.63) is 181 Å². The molecule has 6 aromatic rings. The van der Waals surface area contributed by atoms with Gasteiger partial charge in [-0.05, 0) is 59.3 Å². The van der Waals surface area contributed by atoms with E-state index in [9.17, 15) is 0 Å². The predicted octanol–water partition coefficient (Wildman–Crippen LogP) is 6.93. The van der Waals surface area contributed by atoms with E-state index in [-0.39, 0.29) is 5.82 Å². The van der Waals surface area contributed by atoms with Gasteiger partial charge in [-0.2, -0.15) is 0 Å². The van der Waals surface area contributed by atoms with Crippen LogP contribution in [0.5, 0.6) is 0 Å². The van der Waals surface area contributed by atoms with Crippen molar-refractivity contribution < 1.29 is 4.39 Å². The first-order valence-electron chi connectivity index (χ1n) is 13.5. The molecule has 6 aromatic carbocycles. The minimum Gasteiger partial charge on any atom is -0.207 e. The molecule has 0 nitrogen and oxygen atoms in total. The van der Waals surface area contributed by atoms with E-state index in [1.165, 1.54) is 32.1 Å². The summed E-state index contributed by atoms with van der Waals surface area (Å²) in [6.07, 6.45) is 0.537. The molecule has 0 saturated heterocycles. The maximum Gasteiger partial charge on any atom is 0.127 e. The Morgan fingerprint density at radius 1 is 0.375 bits per heavy atom. The Bertz CT molecular complexity index is 1590. The summed E-state index contributed by atoms with van der Waals surface area (Å²) in [5.74, 6) is -0.143. The van der Waals surface area contributed by atoms with Crippen molar-refractivity contribution in [2.75, 3.05) is 0 Å². The minimum atomic E-state index is -0.927. The number of hydrogen-bond acceptors (Lipinski definition) is 0. The van der Waals surface area contributed by atoms with Gasteiger partial charge in [-0.3, -0.25) is 0 Å². The van der Waals surface area contributed by atoms with E-state index in [1.54, 1.807) is 6.07 Å². The molecule has 0 saturated carbocycles. The smallest absolute Gasteiger partial charge is 0.127 e. The molecule has 0 aliphatic rings. The fraction of sp³-hybridized carbons (Fsp3) is 0.0270. The topological polar surface area (TPSA) is 0 Å². The molecule has 194 valence electrons. The summed E-state index contributed by atoms with van der Waals surface area (Å²) in [4.78, 5) is 0. The minimum absolute atomic E-state index is 0.143. The van der Waals surface area contributed by atoms with Crippen molar-refractivity contribution in [2.24, 2.45) is 0 Å². The third-order valence-electron chi connectivity index (χ3n) is 6.99. The Balaban J connectivity index is 1.50. The van der Waals surface area contributed by atoms with Crippen LogP contribution in [0.4, 0.5) is 4.39 Å². The third kappa shape index (κ3) is 5.68. The highest BCUT2D eigenvalue weighted by Gasteiger charge is 2.24. The molecule has 0 unspecified atom stereocenters. The van der Waals surface area contributed by atoms with Crippen LogP contribution in [0, 0.1) is 5.82 Å². The molecule has 0 N–H and O–H groups in total. The van der Waals surface area contributed by atoms with Gasteiger partial charge in [0.05, 0.1) is 0 Å². The average molecular weight is 555 g/mol. The van der Waals surface area contributed by atoms with E-state index in [0.29, 0.717) is 6.42 Å². The predicted molar refractivity (Wildman–Crippen MR) is 173 cm³/mol. The van der Waals surface area contributed by atoms with Gasteiger partial charge in [0.25, 0.3) is 0 Å². The summed E-state index contributed by atoms with van der Waals surface area (Å²) < 4.78 is 15.9. The van der Waals surface area contributed by atoms with E-state index < -0.39 is 15.8 Å². The zero-order chi connectivity index (χ0) is 27.1. The molecule has 6 rings (SSSR count). The van der Waals surface area contributed by atoms with E-state index in [1.807, 2.05) is 18.2 Å². The highest BCUT2D eigenvalue weighted by atomic mass is 31.1. The van der Waals surface area contributed by atoms with Gasteiger partial charge >= 0.3 is 0 Å². The van der Waals surface area contributed by atoms with Crippen LogP contribution >= 0.6 is 15.8 Å². The van der Waals surface area contributed by atoms with Crippen LogP contribution < -0.4 is 31.8 Å². The first-order chi connectivity index (χ1) is 19.8. The Morgan fingerprint density at radius 3 is 1.23 bits per heavy atom. The van der Waals surface area contributed by atoms with Gasteiger partial charge in [0.1, 0.15) is 5.82 Å². The number of benzene rings is 6. The molecule has 0 aliphatic heterocycles.